The summed E-state index contributed by atoms with van der Waals surface area (Å²) >= 11 is 5.81. The fourth-order valence-corrected chi connectivity index (χ4v) is 2.31. The minimum atomic E-state index is -0.468. The molecule has 1 heterocycles. The molecule has 3 aromatic rings. The van der Waals surface area contributed by atoms with Gasteiger partial charge in [0.1, 0.15) is 5.82 Å². The van der Waals surface area contributed by atoms with Gasteiger partial charge in [-0.1, -0.05) is 11.6 Å². The Labute approximate surface area is 136 Å². The Bertz CT molecular complexity index is 887. The number of nitrogens with one attached hydrogen (secondary N) is 2. The van der Waals surface area contributed by atoms with Crippen LogP contribution < -0.4 is 11.1 Å². The van der Waals surface area contributed by atoms with Crippen molar-refractivity contribution in [3.8, 4) is 0 Å². The van der Waals surface area contributed by atoms with Crippen LogP contribution in [0.4, 0.5) is 5.69 Å². The largest absolute Gasteiger partial charge is 0.369 e. The second-order valence-electron chi connectivity index (χ2n) is 5.02. The third-order valence-electron chi connectivity index (χ3n) is 3.24. The van der Waals surface area contributed by atoms with Crippen LogP contribution in [0, 0.1) is 0 Å². The van der Waals surface area contributed by atoms with Crippen LogP contribution in [0.25, 0.3) is 11.0 Å². The lowest BCUT2D eigenvalue weighted by atomic mass is 10.2. The van der Waals surface area contributed by atoms with E-state index in [0.29, 0.717) is 33.1 Å². The molecule has 0 unspecified atom stereocenters. The summed E-state index contributed by atoms with van der Waals surface area (Å²) in [6, 6.07) is 11.9. The van der Waals surface area contributed by atoms with Crippen molar-refractivity contribution in [2.45, 2.75) is 6.42 Å². The Morgan fingerprint density at radius 1 is 1.17 bits per heavy atom. The molecule has 0 aliphatic carbocycles. The highest BCUT2D eigenvalue weighted by Crippen LogP contribution is 2.17. The highest BCUT2D eigenvalue weighted by Gasteiger charge is 2.10. The second kappa shape index (κ2) is 6.10. The molecule has 7 heteroatoms. The summed E-state index contributed by atoms with van der Waals surface area (Å²) in [5.74, 6) is -0.243. The highest BCUT2D eigenvalue weighted by atomic mass is 35.5. The summed E-state index contributed by atoms with van der Waals surface area (Å²) in [4.78, 5) is 30.4. The number of hydrogen-bond acceptors (Lipinski definition) is 3. The quantitative estimate of drug-likeness (QED) is 0.685. The number of anilines is 1. The van der Waals surface area contributed by atoms with Gasteiger partial charge in [-0.05, 0) is 42.5 Å². The smallest absolute Gasteiger partial charge is 0.255 e. The van der Waals surface area contributed by atoms with Crippen molar-refractivity contribution in [3.63, 3.8) is 0 Å². The standard InChI is InChI=1S/C16H13ClN4O2/c17-10-2-4-11(5-3-10)19-16(23)9-1-6-12-13(7-9)21-15(20-12)8-14(18)22/h1-7H,8H2,(H2,18,22)(H,19,23)(H,20,21). The number of aromatic nitrogens is 2. The predicted octanol–water partition coefficient (Wildman–Crippen LogP) is 2.50. The van der Waals surface area contributed by atoms with Gasteiger partial charge in [0.15, 0.2) is 0 Å². The van der Waals surface area contributed by atoms with Crippen molar-refractivity contribution >= 4 is 40.1 Å². The average Bonchev–Trinajstić information content (AvgIpc) is 2.89. The third-order valence-corrected chi connectivity index (χ3v) is 3.49. The van der Waals surface area contributed by atoms with E-state index >= 15 is 0 Å². The van der Waals surface area contributed by atoms with Gasteiger partial charge in [-0.25, -0.2) is 4.98 Å². The fraction of sp³-hybridized carbons (Fsp3) is 0.0625. The maximum atomic E-state index is 12.3. The number of aromatic amines is 1. The molecule has 0 fully saturated rings. The number of imidazole rings is 1. The predicted molar refractivity (Wildman–Crippen MR) is 88.4 cm³/mol. The average molecular weight is 329 g/mol. The van der Waals surface area contributed by atoms with Crippen molar-refractivity contribution in [3.05, 3.63) is 58.9 Å². The summed E-state index contributed by atoms with van der Waals surface area (Å²) in [6.07, 6.45) is 0.0288. The van der Waals surface area contributed by atoms with E-state index < -0.39 is 5.91 Å². The molecule has 0 spiro atoms. The number of carbonyl (C=O) groups excluding carboxylic acids is 2. The molecule has 0 saturated carbocycles. The first-order valence-electron chi connectivity index (χ1n) is 6.85. The number of amides is 2. The van der Waals surface area contributed by atoms with E-state index in [-0.39, 0.29) is 12.3 Å². The lowest BCUT2D eigenvalue weighted by Crippen LogP contribution is -2.14. The van der Waals surface area contributed by atoms with Gasteiger partial charge < -0.3 is 16.0 Å². The van der Waals surface area contributed by atoms with Crippen molar-refractivity contribution in [2.75, 3.05) is 5.32 Å². The molecule has 0 aliphatic heterocycles. The molecule has 23 heavy (non-hydrogen) atoms. The number of H-pyrrole nitrogens is 1. The monoisotopic (exact) mass is 328 g/mol. The molecule has 3 rings (SSSR count). The third kappa shape index (κ3) is 3.49. The summed E-state index contributed by atoms with van der Waals surface area (Å²) in [5.41, 5.74) is 7.62. The zero-order valence-corrected chi connectivity index (χ0v) is 12.7. The van der Waals surface area contributed by atoms with Crippen LogP contribution in [-0.2, 0) is 11.2 Å². The van der Waals surface area contributed by atoms with Crippen molar-refractivity contribution in [2.24, 2.45) is 5.73 Å². The van der Waals surface area contributed by atoms with Gasteiger partial charge in [0.25, 0.3) is 5.91 Å². The summed E-state index contributed by atoms with van der Waals surface area (Å²) in [6.45, 7) is 0. The molecule has 0 saturated heterocycles. The number of fused-ring (bicyclic) bond motifs is 1. The van der Waals surface area contributed by atoms with E-state index in [1.807, 2.05) is 0 Å². The highest BCUT2D eigenvalue weighted by molar-refractivity contribution is 6.30. The first-order chi connectivity index (χ1) is 11.0. The maximum Gasteiger partial charge on any atom is 0.255 e. The van der Waals surface area contributed by atoms with Crippen molar-refractivity contribution < 1.29 is 9.59 Å². The first-order valence-corrected chi connectivity index (χ1v) is 7.23. The van der Waals surface area contributed by atoms with E-state index in [1.54, 1.807) is 42.5 Å². The van der Waals surface area contributed by atoms with Gasteiger partial charge in [-0.2, -0.15) is 0 Å². The summed E-state index contributed by atoms with van der Waals surface area (Å²) in [7, 11) is 0. The first kappa shape index (κ1) is 15.1. The molecule has 116 valence electrons. The minimum absolute atomic E-state index is 0.0288. The Balaban J connectivity index is 1.82. The Hall–Kier alpha value is -2.86. The molecule has 6 nitrogen and oxygen atoms in total. The van der Waals surface area contributed by atoms with Crippen molar-refractivity contribution in [1.29, 1.82) is 0 Å². The minimum Gasteiger partial charge on any atom is -0.369 e. The van der Waals surface area contributed by atoms with E-state index in [0.717, 1.165) is 0 Å². The zero-order chi connectivity index (χ0) is 16.4. The number of benzene rings is 2. The topological polar surface area (TPSA) is 101 Å². The zero-order valence-electron chi connectivity index (χ0n) is 12.0. The van der Waals surface area contributed by atoms with Crippen LogP contribution in [0.1, 0.15) is 16.2 Å². The Kier molecular flexibility index (Phi) is 3.99. The molecule has 2 amide bonds. The Morgan fingerprint density at radius 2 is 1.91 bits per heavy atom. The summed E-state index contributed by atoms with van der Waals surface area (Å²) < 4.78 is 0. The molecular formula is C16H13ClN4O2. The van der Waals surface area contributed by atoms with Crippen LogP contribution >= 0.6 is 11.6 Å². The van der Waals surface area contributed by atoms with Gasteiger partial charge in [0.2, 0.25) is 5.91 Å². The van der Waals surface area contributed by atoms with Crippen LogP contribution in [-0.4, -0.2) is 21.8 Å². The maximum absolute atomic E-state index is 12.3. The molecule has 0 bridgehead atoms. The lowest BCUT2D eigenvalue weighted by Gasteiger charge is -2.05. The van der Waals surface area contributed by atoms with Gasteiger partial charge in [-0.15, -0.1) is 0 Å². The van der Waals surface area contributed by atoms with Crippen LogP contribution in [0.15, 0.2) is 42.5 Å². The molecule has 1 aromatic heterocycles. The normalized spacial score (nSPS) is 10.7. The Morgan fingerprint density at radius 3 is 2.61 bits per heavy atom. The van der Waals surface area contributed by atoms with Gasteiger partial charge in [-0.3, -0.25) is 9.59 Å². The van der Waals surface area contributed by atoms with Gasteiger partial charge in [0, 0.05) is 16.3 Å². The number of nitrogens with zero attached hydrogens (tertiary/aromatic N) is 1. The van der Waals surface area contributed by atoms with Gasteiger partial charge >= 0.3 is 0 Å². The molecular weight excluding hydrogens is 316 g/mol. The van der Waals surface area contributed by atoms with E-state index in [9.17, 15) is 9.59 Å². The fourth-order valence-electron chi connectivity index (χ4n) is 2.19. The molecule has 4 N–H and O–H groups in total. The SMILES string of the molecule is NC(=O)Cc1nc2ccc(C(=O)Nc3ccc(Cl)cc3)cc2[nH]1. The van der Waals surface area contributed by atoms with Crippen molar-refractivity contribution in [1.82, 2.24) is 9.97 Å². The van der Waals surface area contributed by atoms with E-state index in [4.69, 9.17) is 17.3 Å². The van der Waals surface area contributed by atoms with E-state index in [1.165, 1.54) is 0 Å². The van der Waals surface area contributed by atoms with Crippen LogP contribution in [0.2, 0.25) is 5.02 Å². The van der Waals surface area contributed by atoms with Crippen LogP contribution in [0.3, 0.4) is 0 Å². The number of primary amides is 1. The van der Waals surface area contributed by atoms with E-state index in [2.05, 4.69) is 15.3 Å². The lowest BCUT2D eigenvalue weighted by molar-refractivity contribution is -0.117. The molecule has 0 aliphatic rings. The molecule has 0 radical (unpaired) electrons. The molecule has 2 aromatic carbocycles. The number of halogens is 1. The van der Waals surface area contributed by atoms with Crippen LogP contribution in [0.5, 0.6) is 0 Å². The summed E-state index contributed by atoms with van der Waals surface area (Å²) in [5, 5.41) is 3.38. The molecule has 0 atom stereocenters. The number of hydrogen-bond donors (Lipinski definition) is 3. The number of carbonyl (C=O) groups is 2. The number of rotatable bonds is 4. The second-order valence-corrected chi connectivity index (χ2v) is 5.46. The number of nitrogens with two attached hydrogens (primary N) is 1. The van der Waals surface area contributed by atoms with Gasteiger partial charge in [0.05, 0.1) is 17.5 Å².